The summed E-state index contributed by atoms with van der Waals surface area (Å²) in [6, 6.07) is 21.9. The second kappa shape index (κ2) is 10.1. The van der Waals surface area contributed by atoms with Crippen molar-refractivity contribution in [3.63, 3.8) is 0 Å². The van der Waals surface area contributed by atoms with Crippen LogP contribution in [0.25, 0.3) is 11.0 Å². The zero-order valence-electron chi connectivity index (χ0n) is 20.0. The number of rotatable bonds is 9. The molecule has 1 aliphatic heterocycles. The van der Waals surface area contributed by atoms with Crippen LogP contribution in [-0.4, -0.2) is 35.4 Å². The number of amides is 1. The molecule has 0 aliphatic carbocycles. The molecule has 35 heavy (non-hydrogen) atoms. The number of methoxy groups -OCH3 is 1. The van der Waals surface area contributed by atoms with Crippen molar-refractivity contribution in [1.82, 2.24) is 14.9 Å². The molecular weight excluding hydrogens is 442 g/mol. The number of aryl methyl sites for hydroxylation is 2. The predicted molar refractivity (Wildman–Crippen MR) is 134 cm³/mol. The summed E-state index contributed by atoms with van der Waals surface area (Å²) < 4.78 is 18.4. The average Bonchev–Trinajstić information content (AvgIpc) is 3.46. The van der Waals surface area contributed by atoms with Gasteiger partial charge in [0, 0.05) is 19.0 Å². The predicted octanol–water partition coefficient (Wildman–Crippen LogP) is 4.44. The fourth-order valence-corrected chi connectivity index (χ4v) is 4.56. The van der Waals surface area contributed by atoms with Crippen LogP contribution in [0.1, 0.15) is 23.4 Å². The highest BCUT2D eigenvalue weighted by Gasteiger charge is 2.18. The van der Waals surface area contributed by atoms with Crippen molar-refractivity contribution in [2.24, 2.45) is 0 Å². The second-order valence-corrected chi connectivity index (χ2v) is 8.76. The highest BCUT2D eigenvalue weighted by Crippen LogP contribution is 2.33. The minimum Gasteiger partial charge on any atom is -0.497 e. The number of para-hydroxylation sites is 2. The van der Waals surface area contributed by atoms with E-state index in [1.165, 1.54) is 0 Å². The molecule has 0 radical (unpaired) electrons. The van der Waals surface area contributed by atoms with Gasteiger partial charge in [-0.3, -0.25) is 4.79 Å². The Morgan fingerprint density at radius 1 is 1.03 bits per heavy atom. The van der Waals surface area contributed by atoms with Gasteiger partial charge < -0.3 is 24.1 Å². The van der Waals surface area contributed by atoms with Gasteiger partial charge in [-0.2, -0.15) is 0 Å². The molecular formula is C28H29N3O4. The highest BCUT2D eigenvalue weighted by molar-refractivity contribution is 5.78. The third-order valence-corrected chi connectivity index (χ3v) is 6.33. The smallest absolute Gasteiger partial charge is 0.231 e. The van der Waals surface area contributed by atoms with E-state index in [4.69, 9.17) is 14.2 Å². The summed E-state index contributed by atoms with van der Waals surface area (Å²) in [6.45, 7) is 2.80. The summed E-state index contributed by atoms with van der Waals surface area (Å²) in [6.07, 6.45) is 1.76. The Balaban J connectivity index is 1.29. The first kappa shape index (κ1) is 22.8. The van der Waals surface area contributed by atoms with Gasteiger partial charge >= 0.3 is 0 Å². The molecule has 180 valence electrons. The van der Waals surface area contributed by atoms with Crippen LogP contribution >= 0.6 is 0 Å². The first-order valence-electron chi connectivity index (χ1n) is 11.8. The van der Waals surface area contributed by atoms with Gasteiger partial charge in [0.15, 0.2) is 11.5 Å². The summed E-state index contributed by atoms with van der Waals surface area (Å²) in [7, 11) is 1.66. The van der Waals surface area contributed by atoms with E-state index in [1.807, 2.05) is 73.7 Å². The summed E-state index contributed by atoms with van der Waals surface area (Å²) in [5.41, 5.74) is 4.22. The summed E-state index contributed by atoms with van der Waals surface area (Å²) in [5.74, 6) is 3.25. The number of nitrogens with zero attached hydrogens (tertiary/aromatic N) is 2. The molecule has 0 saturated heterocycles. The van der Waals surface area contributed by atoms with E-state index in [2.05, 4.69) is 14.9 Å². The third kappa shape index (κ3) is 5.24. The molecule has 5 rings (SSSR count). The highest BCUT2D eigenvalue weighted by atomic mass is 16.7. The monoisotopic (exact) mass is 471 g/mol. The Morgan fingerprint density at radius 3 is 2.60 bits per heavy atom. The van der Waals surface area contributed by atoms with Crippen LogP contribution in [0.2, 0.25) is 0 Å². The van der Waals surface area contributed by atoms with Crippen molar-refractivity contribution in [3.05, 3.63) is 83.7 Å². The van der Waals surface area contributed by atoms with Crippen LogP contribution in [0.15, 0.2) is 66.7 Å². The Morgan fingerprint density at radius 2 is 1.77 bits per heavy atom. The van der Waals surface area contributed by atoms with E-state index in [0.717, 1.165) is 45.2 Å². The van der Waals surface area contributed by atoms with Crippen LogP contribution in [0, 0.1) is 6.92 Å². The Kier molecular flexibility index (Phi) is 6.57. The summed E-state index contributed by atoms with van der Waals surface area (Å²) in [4.78, 5) is 17.7. The van der Waals surface area contributed by atoms with Gasteiger partial charge in [-0.25, -0.2) is 4.98 Å². The van der Waals surface area contributed by atoms with Gasteiger partial charge in [0.2, 0.25) is 12.7 Å². The zero-order chi connectivity index (χ0) is 24.2. The molecule has 2 heterocycles. The lowest BCUT2D eigenvalue weighted by Gasteiger charge is -2.20. The number of carbonyl (C=O) groups is 1. The van der Waals surface area contributed by atoms with Gasteiger partial charge in [-0.1, -0.05) is 30.3 Å². The van der Waals surface area contributed by atoms with Gasteiger partial charge in [0.05, 0.1) is 18.1 Å². The molecule has 1 aliphatic rings. The molecule has 0 fully saturated rings. The number of hydrogen-bond acceptors (Lipinski definition) is 5. The molecule has 1 amide bonds. The summed E-state index contributed by atoms with van der Waals surface area (Å²) in [5, 5.41) is 3.26. The number of nitrogens with one attached hydrogen (secondary N) is 1. The number of benzene rings is 3. The van der Waals surface area contributed by atoms with Gasteiger partial charge in [-0.15, -0.1) is 0 Å². The maximum atomic E-state index is 13.1. The lowest BCUT2D eigenvalue weighted by atomic mass is 9.98. The van der Waals surface area contributed by atoms with E-state index in [9.17, 15) is 4.79 Å². The fraction of sp³-hybridized carbons (Fsp3) is 0.286. The first-order chi connectivity index (χ1) is 17.1. The number of aromatic nitrogens is 2. The normalized spacial score (nSPS) is 13.1. The van der Waals surface area contributed by atoms with E-state index < -0.39 is 0 Å². The van der Waals surface area contributed by atoms with Crippen molar-refractivity contribution < 1.29 is 19.0 Å². The van der Waals surface area contributed by atoms with Gasteiger partial charge in [0.1, 0.15) is 11.6 Å². The van der Waals surface area contributed by atoms with Crippen molar-refractivity contribution in [1.29, 1.82) is 0 Å². The lowest BCUT2D eigenvalue weighted by molar-refractivity contribution is -0.122. The standard InChI is InChI=1S/C28H29N3O4/c1-19-29-24-5-3-4-6-25(24)31(19)14-13-28(32)30-22(15-20-7-10-23(33-2)11-8-20)16-21-9-12-26-27(17-21)35-18-34-26/h3-12,17,22H,13-16,18H2,1-2H3,(H,30,32). The molecule has 1 atom stereocenters. The molecule has 1 unspecified atom stereocenters. The lowest BCUT2D eigenvalue weighted by Crippen LogP contribution is -2.38. The second-order valence-electron chi connectivity index (χ2n) is 8.76. The van der Waals surface area contributed by atoms with Crippen LogP contribution < -0.4 is 19.5 Å². The van der Waals surface area contributed by atoms with Crippen molar-refractivity contribution >= 4 is 16.9 Å². The number of hydrogen-bond donors (Lipinski definition) is 1. The maximum Gasteiger partial charge on any atom is 0.231 e. The van der Waals surface area contributed by atoms with Crippen molar-refractivity contribution in [2.45, 2.75) is 38.8 Å². The molecule has 1 aromatic heterocycles. The minimum absolute atomic E-state index is 0.0152. The molecule has 0 bridgehead atoms. The van der Waals surface area contributed by atoms with Crippen LogP contribution in [-0.2, 0) is 24.2 Å². The fourth-order valence-electron chi connectivity index (χ4n) is 4.56. The first-order valence-corrected chi connectivity index (χ1v) is 11.8. The average molecular weight is 472 g/mol. The molecule has 0 spiro atoms. The van der Waals surface area contributed by atoms with Crippen molar-refractivity contribution in [2.75, 3.05) is 13.9 Å². The molecule has 7 nitrogen and oxygen atoms in total. The van der Waals surface area contributed by atoms with Crippen LogP contribution in [0.4, 0.5) is 0 Å². The van der Waals surface area contributed by atoms with Crippen LogP contribution in [0.5, 0.6) is 17.2 Å². The van der Waals surface area contributed by atoms with E-state index in [1.54, 1.807) is 7.11 Å². The quantitative estimate of drug-likeness (QED) is 0.391. The number of ether oxygens (including phenoxy) is 3. The van der Waals surface area contributed by atoms with E-state index in [0.29, 0.717) is 25.8 Å². The molecule has 1 N–H and O–H groups in total. The molecule has 0 saturated carbocycles. The Bertz CT molecular complexity index is 1330. The van der Waals surface area contributed by atoms with E-state index in [-0.39, 0.29) is 18.7 Å². The largest absolute Gasteiger partial charge is 0.497 e. The van der Waals surface area contributed by atoms with Crippen molar-refractivity contribution in [3.8, 4) is 17.2 Å². The summed E-state index contributed by atoms with van der Waals surface area (Å²) >= 11 is 0. The topological polar surface area (TPSA) is 74.6 Å². The Labute approximate surface area is 204 Å². The zero-order valence-corrected chi connectivity index (χ0v) is 20.0. The number of carbonyl (C=O) groups excluding carboxylic acids is 1. The van der Waals surface area contributed by atoms with Gasteiger partial charge in [0.25, 0.3) is 0 Å². The number of fused-ring (bicyclic) bond motifs is 2. The molecule has 7 heteroatoms. The van der Waals surface area contributed by atoms with E-state index >= 15 is 0 Å². The molecule has 3 aromatic carbocycles. The minimum atomic E-state index is -0.0723. The van der Waals surface area contributed by atoms with Crippen LogP contribution in [0.3, 0.4) is 0 Å². The maximum absolute atomic E-state index is 13.1. The Hall–Kier alpha value is -4.00. The number of imidazole rings is 1. The third-order valence-electron chi connectivity index (χ3n) is 6.33. The van der Waals surface area contributed by atoms with Gasteiger partial charge in [-0.05, 0) is 67.3 Å². The molecule has 4 aromatic rings. The SMILES string of the molecule is COc1ccc(CC(Cc2ccc3c(c2)OCO3)NC(=O)CCn2c(C)nc3ccccc32)cc1.